The molecule has 3 rings (SSSR count). The van der Waals surface area contributed by atoms with Crippen LogP contribution in [0.25, 0.3) is 10.8 Å². The van der Waals surface area contributed by atoms with Crippen molar-refractivity contribution in [3.05, 3.63) is 58.3 Å². The number of halogens is 2. The van der Waals surface area contributed by atoms with E-state index < -0.39 is 5.91 Å². The summed E-state index contributed by atoms with van der Waals surface area (Å²) in [6.07, 6.45) is 2.74. The van der Waals surface area contributed by atoms with E-state index in [1.165, 1.54) is 25.6 Å². The summed E-state index contributed by atoms with van der Waals surface area (Å²) in [7, 11) is 1.50. The van der Waals surface area contributed by atoms with Crippen LogP contribution in [-0.2, 0) is 0 Å². The van der Waals surface area contributed by atoms with Crippen molar-refractivity contribution in [1.82, 2.24) is 4.98 Å². The number of amides is 1. The molecule has 0 aliphatic rings. The number of nitrogens with zero attached hydrogens (tertiary/aromatic N) is 1. The Hall–Kier alpha value is -2.54. The molecule has 0 spiro atoms. The standard InChI is InChI=1S/C17H12Cl2N2O3.H2O/c1-24-14-6-13(22)15(10-5-3-2-4-9(10)14)17(23)21-16-11(18)7-20-8-12(16)19;/h2-8,22H,1H3,(H,20,21,23);1H2. The van der Waals surface area contributed by atoms with Crippen molar-refractivity contribution in [3.8, 4) is 11.5 Å². The maximum absolute atomic E-state index is 12.7. The molecule has 0 radical (unpaired) electrons. The van der Waals surface area contributed by atoms with Crippen LogP contribution in [0, 0.1) is 0 Å². The molecule has 0 unspecified atom stereocenters. The zero-order chi connectivity index (χ0) is 17.3. The zero-order valence-corrected chi connectivity index (χ0v) is 14.5. The van der Waals surface area contributed by atoms with E-state index in [1.807, 2.05) is 6.07 Å². The number of aromatic nitrogens is 1. The molecule has 8 heteroatoms. The van der Waals surface area contributed by atoms with Crippen molar-refractivity contribution in [2.75, 3.05) is 12.4 Å². The number of ether oxygens (including phenoxy) is 1. The molecule has 0 bridgehead atoms. The number of carbonyl (C=O) groups excluding carboxylic acids is 1. The van der Waals surface area contributed by atoms with Crippen molar-refractivity contribution >= 4 is 45.6 Å². The summed E-state index contributed by atoms with van der Waals surface area (Å²) in [4.78, 5) is 16.5. The maximum Gasteiger partial charge on any atom is 0.260 e. The number of benzene rings is 2. The van der Waals surface area contributed by atoms with E-state index in [2.05, 4.69) is 10.3 Å². The van der Waals surface area contributed by atoms with Crippen LogP contribution in [0.3, 0.4) is 0 Å². The van der Waals surface area contributed by atoms with E-state index in [1.54, 1.807) is 18.2 Å². The molecular weight excluding hydrogens is 367 g/mol. The number of hydrogen-bond acceptors (Lipinski definition) is 4. The van der Waals surface area contributed by atoms with Gasteiger partial charge in [0.2, 0.25) is 0 Å². The van der Waals surface area contributed by atoms with Gasteiger partial charge in [0.05, 0.1) is 28.4 Å². The third-order valence-electron chi connectivity index (χ3n) is 3.52. The lowest BCUT2D eigenvalue weighted by atomic mass is 10.0. The highest BCUT2D eigenvalue weighted by atomic mass is 35.5. The van der Waals surface area contributed by atoms with E-state index in [0.717, 1.165) is 0 Å². The quantitative estimate of drug-likeness (QED) is 0.722. The Bertz CT molecular complexity index is 927. The van der Waals surface area contributed by atoms with Gasteiger partial charge in [0.25, 0.3) is 5.91 Å². The van der Waals surface area contributed by atoms with Crippen molar-refractivity contribution in [1.29, 1.82) is 0 Å². The highest BCUT2D eigenvalue weighted by Crippen LogP contribution is 2.36. The Morgan fingerprint density at radius 3 is 2.36 bits per heavy atom. The number of rotatable bonds is 3. The molecule has 0 fully saturated rings. The topological polar surface area (TPSA) is 103 Å². The van der Waals surface area contributed by atoms with Gasteiger partial charge in [-0.25, -0.2) is 0 Å². The largest absolute Gasteiger partial charge is 0.507 e. The summed E-state index contributed by atoms with van der Waals surface area (Å²) in [5.74, 6) is -0.273. The number of fused-ring (bicyclic) bond motifs is 1. The third kappa shape index (κ3) is 3.46. The number of carbonyl (C=O) groups is 1. The third-order valence-corrected chi connectivity index (χ3v) is 4.10. The number of anilines is 1. The van der Waals surface area contributed by atoms with Gasteiger partial charge in [-0.05, 0) is 0 Å². The molecule has 0 saturated carbocycles. The van der Waals surface area contributed by atoms with E-state index in [0.29, 0.717) is 16.5 Å². The van der Waals surface area contributed by atoms with E-state index in [-0.39, 0.29) is 32.5 Å². The summed E-state index contributed by atoms with van der Waals surface area (Å²) in [6, 6.07) is 8.51. The first kappa shape index (κ1) is 18.8. The van der Waals surface area contributed by atoms with Gasteiger partial charge in [0, 0.05) is 29.2 Å². The lowest BCUT2D eigenvalue weighted by Crippen LogP contribution is -2.13. The van der Waals surface area contributed by atoms with Gasteiger partial charge in [-0.1, -0.05) is 47.5 Å². The summed E-state index contributed by atoms with van der Waals surface area (Å²) in [5.41, 5.74) is 0.341. The predicted octanol–water partition coefficient (Wildman–Crippen LogP) is 3.68. The molecule has 1 amide bonds. The van der Waals surface area contributed by atoms with Crippen molar-refractivity contribution in [3.63, 3.8) is 0 Å². The minimum absolute atomic E-state index is 0. The fourth-order valence-corrected chi connectivity index (χ4v) is 2.90. The van der Waals surface area contributed by atoms with Gasteiger partial charge < -0.3 is 20.6 Å². The minimum Gasteiger partial charge on any atom is -0.507 e. The van der Waals surface area contributed by atoms with Crippen LogP contribution in [0.15, 0.2) is 42.7 Å². The Kier molecular flexibility index (Phi) is 5.69. The van der Waals surface area contributed by atoms with E-state index in [4.69, 9.17) is 27.9 Å². The predicted molar refractivity (Wildman–Crippen MR) is 98.0 cm³/mol. The Balaban J connectivity index is 0.00000225. The second-order valence-electron chi connectivity index (χ2n) is 4.95. The summed E-state index contributed by atoms with van der Waals surface area (Å²) < 4.78 is 5.26. The Labute approximate surface area is 153 Å². The molecule has 6 nitrogen and oxygen atoms in total. The Morgan fingerprint density at radius 2 is 1.76 bits per heavy atom. The number of phenols is 1. The van der Waals surface area contributed by atoms with Crippen LogP contribution in [0.5, 0.6) is 11.5 Å². The molecular formula is C17H14Cl2N2O4. The minimum atomic E-state index is -0.540. The lowest BCUT2D eigenvalue weighted by Gasteiger charge is -2.14. The van der Waals surface area contributed by atoms with Crippen LogP contribution < -0.4 is 10.1 Å². The SMILES string of the molecule is COc1cc(O)c(C(=O)Nc2c(Cl)cncc2Cl)c2ccccc12.O. The second kappa shape index (κ2) is 7.57. The molecule has 2 aromatic carbocycles. The molecule has 0 atom stereocenters. The number of aromatic hydroxyl groups is 1. The van der Waals surface area contributed by atoms with Gasteiger partial charge in [-0.2, -0.15) is 0 Å². The fourth-order valence-electron chi connectivity index (χ4n) is 2.44. The number of pyridine rings is 1. The van der Waals surface area contributed by atoms with E-state index in [9.17, 15) is 9.90 Å². The molecule has 130 valence electrons. The van der Waals surface area contributed by atoms with Gasteiger partial charge in [0.15, 0.2) is 0 Å². The highest BCUT2D eigenvalue weighted by Gasteiger charge is 2.20. The highest BCUT2D eigenvalue weighted by molar-refractivity contribution is 6.40. The van der Waals surface area contributed by atoms with Gasteiger partial charge in [-0.15, -0.1) is 0 Å². The smallest absolute Gasteiger partial charge is 0.260 e. The monoisotopic (exact) mass is 380 g/mol. The fraction of sp³-hybridized carbons (Fsp3) is 0.0588. The summed E-state index contributed by atoms with van der Waals surface area (Å²) >= 11 is 12.0. The van der Waals surface area contributed by atoms with Crippen molar-refractivity contribution in [2.24, 2.45) is 0 Å². The van der Waals surface area contributed by atoms with Gasteiger partial charge >= 0.3 is 0 Å². The average molecular weight is 381 g/mol. The molecule has 1 aromatic heterocycles. The molecule has 0 aliphatic carbocycles. The number of hydrogen-bond donors (Lipinski definition) is 2. The maximum atomic E-state index is 12.7. The zero-order valence-electron chi connectivity index (χ0n) is 13.0. The van der Waals surface area contributed by atoms with Crippen LogP contribution in [0.4, 0.5) is 5.69 Å². The molecule has 4 N–H and O–H groups in total. The first-order chi connectivity index (χ1) is 11.5. The van der Waals surface area contributed by atoms with Crippen LogP contribution in [0.2, 0.25) is 10.0 Å². The van der Waals surface area contributed by atoms with Gasteiger partial charge in [-0.3, -0.25) is 9.78 Å². The van der Waals surface area contributed by atoms with Crippen LogP contribution >= 0.6 is 23.2 Å². The average Bonchev–Trinajstić information content (AvgIpc) is 2.57. The number of nitrogens with one attached hydrogen (secondary N) is 1. The van der Waals surface area contributed by atoms with E-state index >= 15 is 0 Å². The molecule has 0 saturated heterocycles. The summed E-state index contributed by atoms with van der Waals surface area (Å²) in [5, 5.41) is 14.6. The van der Waals surface area contributed by atoms with Crippen molar-refractivity contribution in [2.45, 2.75) is 0 Å². The normalized spacial score (nSPS) is 10.2. The second-order valence-corrected chi connectivity index (χ2v) is 5.77. The first-order valence-corrected chi connectivity index (χ1v) is 7.67. The first-order valence-electron chi connectivity index (χ1n) is 6.92. The van der Waals surface area contributed by atoms with Crippen molar-refractivity contribution < 1.29 is 20.1 Å². The molecule has 1 heterocycles. The number of phenolic OH excluding ortho intramolecular Hbond substituents is 1. The van der Waals surface area contributed by atoms with Crippen LogP contribution in [0.1, 0.15) is 10.4 Å². The number of methoxy groups -OCH3 is 1. The molecule has 0 aliphatic heterocycles. The lowest BCUT2D eigenvalue weighted by molar-refractivity contribution is 0.102. The van der Waals surface area contributed by atoms with Crippen LogP contribution in [-0.4, -0.2) is 28.6 Å². The van der Waals surface area contributed by atoms with Gasteiger partial charge in [0.1, 0.15) is 11.5 Å². The Morgan fingerprint density at radius 1 is 1.16 bits per heavy atom. The molecule has 3 aromatic rings. The summed E-state index contributed by atoms with van der Waals surface area (Å²) in [6.45, 7) is 0. The molecule has 25 heavy (non-hydrogen) atoms.